The van der Waals surface area contributed by atoms with Crippen molar-refractivity contribution in [1.82, 2.24) is 15.5 Å². The second-order valence-corrected chi connectivity index (χ2v) is 6.15. The zero-order valence-electron chi connectivity index (χ0n) is 13.3. The average Bonchev–Trinajstić information content (AvgIpc) is 3.29. The van der Waals surface area contributed by atoms with Crippen LogP contribution in [-0.2, 0) is 17.8 Å². The maximum Gasteiger partial charge on any atom is 0.248 e. The van der Waals surface area contributed by atoms with Gasteiger partial charge in [-0.2, -0.15) is 16.3 Å². The first kappa shape index (κ1) is 16.8. The van der Waals surface area contributed by atoms with Crippen molar-refractivity contribution in [3.63, 3.8) is 0 Å². The third-order valence-electron chi connectivity index (χ3n) is 3.51. The van der Waals surface area contributed by atoms with Crippen molar-refractivity contribution in [3.05, 3.63) is 58.1 Å². The van der Waals surface area contributed by atoms with Crippen molar-refractivity contribution in [2.24, 2.45) is 5.73 Å². The van der Waals surface area contributed by atoms with Gasteiger partial charge in [0, 0.05) is 35.9 Å². The SMILES string of the molecule is NC(=O)c1cccc(CNC(=O)CCc2nc(-c3ccsc3)no2)c1. The number of amides is 2. The summed E-state index contributed by atoms with van der Waals surface area (Å²) in [5.74, 6) is 0.317. The number of aryl methyl sites for hydroxylation is 1. The van der Waals surface area contributed by atoms with Crippen LogP contribution in [0.4, 0.5) is 0 Å². The highest BCUT2D eigenvalue weighted by Gasteiger charge is 2.11. The van der Waals surface area contributed by atoms with Crippen LogP contribution in [0.1, 0.15) is 28.2 Å². The van der Waals surface area contributed by atoms with Gasteiger partial charge < -0.3 is 15.6 Å². The molecule has 3 aromatic rings. The summed E-state index contributed by atoms with van der Waals surface area (Å²) < 4.78 is 5.16. The van der Waals surface area contributed by atoms with Gasteiger partial charge in [0.25, 0.3) is 0 Å². The molecule has 2 aromatic heterocycles. The maximum absolute atomic E-state index is 12.0. The van der Waals surface area contributed by atoms with E-state index < -0.39 is 5.91 Å². The van der Waals surface area contributed by atoms with Gasteiger partial charge in [-0.1, -0.05) is 17.3 Å². The molecule has 1 aromatic carbocycles. The zero-order valence-corrected chi connectivity index (χ0v) is 14.1. The molecule has 0 aliphatic rings. The molecule has 25 heavy (non-hydrogen) atoms. The molecule has 0 atom stereocenters. The summed E-state index contributed by atoms with van der Waals surface area (Å²) in [6, 6.07) is 8.75. The quantitative estimate of drug-likeness (QED) is 0.674. The molecule has 8 heteroatoms. The molecule has 3 rings (SSSR count). The van der Waals surface area contributed by atoms with E-state index in [1.165, 1.54) is 0 Å². The number of carbonyl (C=O) groups is 2. The molecular formula is C17H16N4O3S. The van der Waals surface area contributed by atoms with Gasteiger partial charge in [0.2, 0.25) is 23.5 Å². The van der Waals surface area contributed by atoms with E-state index in [4.69, 9.17) is 10.3 Å². The Balaban J connectivity index is 1.48. The van der Waals surface area contributed by atoms with Crippen LogP contribution in [0.25, 0.3) is 11.4 Å². The number of primary amides is 1. The van der Waals surface area contributed by atoms with Crippen LogP contribution in [0, 0.1) is 0 Å². The van der Waals surface area contributed by atoms with Crippen LogP contribution in [0.5, 0.6) is 0 Å². The summed E-state index contributed by atoms with van der Waals surface area (Å²) in [5, 5.41) is 10.6. The Labute approximate surface area is 147 Å². The zero-order chi connectivity index (χ0) is 17.6. The fourth-order valence-corrected chi connectivity index (χ4v) is 2.84. The summed E-state index contributed by atoms with van der Waals surface area (Å²) in [4.78, 5) is 27.4. The molecule has 7 nitrogen and oxygen atoms in total. The number of aromatic nitrogens is 2. The lowest BCUT2D eigenvalue weighted by Gasteiger charge is -2.05. The average molecular weight is 356 g/mol. The van der Waals surface area contributed by atoms with Crippen molar-refractivity contribution < 1.29 is 14.1 Å². The minimum Gasteiger partial charge on any atom is -0.366 e. The van der Waals surface area contributed by atoms with E-state index in [2.05, 4.69) is 15.5 Å². The molecule has 0 spiro atoms. The molecule has 0 aliphatic heterocycles. The van der Waals surface area contributed by atoms with Gasteiger partial charge in [0.1, 0.15) is 0 Å². The standard InChI is InChI=1S/C17H16N4O3S/c18-16(23)12-3-1-2-11(8-12)9-19-14(22)4-5-15-20-17(21-24-15)13-6-7-25-10-13/h1-3,6-8,10H,4-5,9H2,(H2,18,23)(H,19,22). The van der Waals surface area contributed by atoms with E-state index in [1.54, 1.807) is 29.5 Å². The van der Waals surface area contributed by atoms with Crippen molar-refractivity contribution in [2.75, 3.05) is 0 Å². The smallest absolute Gasteiger partial charge is 0.248 e. The molecular weight excluding hydrogens is 340 g/mol. The highest BCUT2D eigenvalue weighted by Crippen LogP contribution is 2.18. The molecule has 128 valence electrons. The molecule has 2 amide bonds. The monoisotopic (exact) mass is 356 g/mol. The number of benzene rings is 1. The molecule has 3 N–H and O–H groups in total. The van der Waals surface area contributed by atoms with Crippen LogP contribution >= 0.6 is 11.3 Å². The summed E-state index contributed by atoms with van der Waals surface area (Å²) in [6.07, 6.45) is 0.602. The number of nitrogens with two attached hydrogens (primary N) is 1. The predicted molar refractivity (Wildman–Crippen MR) is 92.7 cm³/mol. The first-order chi connectivity index (χ1) is 12.1. The number of thiophene rings is 1. The number of hydrogen-bond acceptors (Lipinski definition) is 6. The van der Waals surface area contributed by atoms with Crippen molar-refractivity contribution in [2.45, 2.75) is 19.4 Å². The van der Waals surface area contributed by atoms with Gasteiger partial charge in [-0.05, 0) is 29.1 Å². The van der Waals surface area contributed by atoms with Crippen LogP contribution < -0.4 is 11.1 Å². The lowest BCUT2D eigenvalue weighted by atomic mass is 10.1. The molecule has 0 fully saturated rings. The highest BCUT2D eigenvalue weighted by atomic mass is 32.1. The third kappa shape index (κ3) is 4.51. The first-order valence-electron chi connectivity index (χ1n) is 7.62. The van der Waals surface area contributed by atoms with Crippen LogP contribution in [0.2, 0.25) is 0 Å². The van der Waals surface area contributed by atoms with Gasteiger partial charge in [0.05, 0.1) is 0 Å². The predicted octanol–water partition coefficient (Wildman–Crippen LogP) is 2.15. The van der Waals surface area contributed by atoms with E-state index >= 15 is 0 Å². The van der Waals surface area contributed by atoms with Gasteiger partial charge >= 0.3 is 0 Å². The highest BCUT2D eigenvalue weighted by molar-refractivity contribution is 7.08. The fraction of sp³-hybridized carbons (Fsp3) is 0.176. The van der Waals surface area contributed by atoms with E-state index in [9.17, 15) is 9.59 Å². The Morgan fingerprint density at radius 2 is 2.16 bits per heavy atom. The Kier molecular flexibility index (Phi) is 5.20. The van der Waals surface area contributed by atoms with E-state index in [1.807, 2.05) is 22.9 Å². The lowest BCUT2D eigenvalue weighted by Crippen LogP contribution is -2.23. The van der Waals surface area contributed by atoms with E-state index in [0.29, 0.717) is 30.2 Å². The number of hydrogen-bond donors (Lipinski definition) is 2. The Morgan fingerprint density at radius 1 is 1.28 bits per heavy atom. The normalized spacial score (nSPS) is 10.6. The molecule has 0 radical (unpaired) electrons. The van der Waals surface area contributed by atoms with Gasteiger partial charge in [0.15, 0.2) is 0 Å². The van der Waals surface area contributed by atoms with Crippen LogP contribution in [-0.4, -0.2) is 22.0 Å². The minimum absolute atomic E-state index is 0.139. The van der Waals surface area contributed by atoms with Crippen LogP contribution in [0.3, 0.4) is 0 Å². The lowest BCUT2D eigenvalue weighted by molar-refractivity contribution is -0.121. The van der Waals surface area contributed by atoms with E-state index in [-0.39, 0.29) is 12.3 Å². The Bertz CT molecular complexity index is 874. The third-order valence-corrected chi connectivity index (χ3v) is 4.20. The van der Waals surface area contributed by atoms with Crippen molar-refractivity contribution in [1.29, 1.82) is 0 Å². The number of nitrogens with one attached hydrogen (secondary N) is 1. The molecule has 0 saturated carbocycles. The molecule has 0 bridgehead atoms. The second-order valence-electron chi connectivity index (χ2n) is 5.37. The van der Waals surface area contributed by atoms with Crippen molar-refractivity contribution in [3.8, 4) is 11.4 Å². The number of rotatable bonds is 7. The second kappa shape index (κ2) is 7.71. The van der Waals surface area contributed by atoms with Gasteiger partial charge in [-0.15, -0.1) is 0 Å². The first-order valence-corrected chi connectivity index (χ1v) is 8.56. The summed E-state index contributed by atoms with van der Waals surface area (Å²) in [6.45, 7) is 0.323. The van der Waals surface area contributed by atoms with E-state index in [0.717, 1.165) is 11.1 Å². The molecule has 2 heterocycles. The summed E-state index contributed by atoms with van der Waals surface area (Å²) in [7, 11) is 0. The number of nitrogens with zero attached hydrogens (tertiary/aromatic N) is 2. The topological polar surface area (TPSA) is 111 Å². The van der Waals surface area contributed by atoms with Crippen molar-refractivity contribution >= 4 is 23.2 Å². The molecule has 0 unspecified atom stereocenters. The van der Waals surface area contributed by atoms with Gasteiger partial charge in [-0.25, -0.2) is 0 Å². The molecule has 0 aliphatic carbocycles. The summed E-state index contributed by atoms with van der Waals surface area (Å²) >= 11 is 1.55. The largest absolute Gasteiger partial charge is 0.366 e. The molecule has 0 saturated heterocycles. The minimum atomic E-state index is -0.494. The maximum atomic E-state index is 12.0. The summed E-state index contributed by atoms with van der Waals surface area (Å²) in [5.41, 5.74) is 7.36. The Morgan fingerprint density at radius 3 is 2.92 bits per heavy atom. The van der Waals surface area contributed by atoms with Crippen LogP contribution in [0.15, 0.2) is 45.6 Å². The Hall–Kier alpha value is -3.00. The fourth-order valence-electron chi connectivity index (χ4n) is 2.21. The van der Waals surface area contributed by atoms with Gasteiger partial charge in [-0.3, -0.25) is 9.59 Å². The number of carbonyl (C=O) groups excluding carboxylic acids is 2.